The van der Waals surface area contributed by atoms with Crippen molar-refractivity contribution in [3.05, 3.63) is 70.9 Å². The summed E-state index contributed by atoms with van der Waals surface area (Å²) in [5.41, 5.74) is -0.143. The summed E-state index contributed by atoms with van der Waals surface area (Å²) in [5, 5.41) is 51.0. The van der Waals surface area contributed by atoms with Gasteiger partial charge in [0, 0.05) is 97.7 Å². The molecule has 2 aromatic carbocycles. The van der Waals surface area contributed by atoms with E-state index in [1.807, 2.05) is 50.1 Å². The molecule has 9 rings (SSSR count). The van der Waals surface area contributed by atoms with Crippen molar-refractivity contribution in [2.75, 3.05) is 72.0 Å². The highest BCUT2D eigenvalue weighted by molar-refractivity contribution is 5.94. The van der Waals surface area contributed by atoms with E-state index < -0.39 is 46.1 Å². The average Bonchev–Trinajstić information content (AvgIpc) is 3.65. The number of esters is 1. The van der Waals surface area contributed by atoms with E-state index in [2.05, 4.69) is 44.4 Å². The first-order chi connectivity index (χ1) is 28.8. The van der Waals surface area contributed by atoms with E-state index in [1.165, 1.54) is 7.11 Å². The molecule has 1 aromatic heterocycles. The number of nitrogens with one attached hydrogen (secondary N) is 2. The third-order valence-electron chi connectivity index (χ3n) is 16.0. The average molecular weight is 826 g/mol. The number of nitrogens with zero attached hydrogens (tertiary/aromatic N) is 3. The number of para-hydroxylation sites is 1. The van der Waals surface area contributed by atoms with Crippen LogP contribution in [0.5, 0.6) is 5.75 Å². The summed E-state index contributed by atoms with van der Waals surface area (Å²) in [4.78, 5) is 40.2. The van der Waals surface area contributed by atoms with Gasteiger partial charge in [-0.3, -0.25) is 19.4 Å². The number of hydrogen-bond donors (Lipinski definition) is 6. The largest absolute Gasteiger partial charge is 0.496 e. The number of likely N-dealkylation sites (N-methyl/N-ethyl adjacent to an activating group) is 1. The molecule has 1 amide bonds. The number of aliphatic hydroxyl groups is 4. The molecule has 60 heavy (non-hydrogen) atoms. The van der Waals surface area contributed by atoms with Crippen LogP contribution in [-0.2, 0) is 26.2 Å². The van der Waals surface area contributed by atoms with Crippen molar-refractivity contribution < 1.29 is 39.5 Å². The lowest BCUT2D eigenvalue weighted by Gasteiger charge is -2.68. The topological polar surface area (TPSA) is 171 Å². The van der Waals surface area contributed by atoms with Crippen LogP contribution >= 0.6 is 0 Å². The maximum atomic E-state index is 15.2. The molecule has 1 saturated carbocycles. The van der Waals surface area contributed by atoms with E-state index in [-0.39, 0.29) is 36.9 Å². The Labute approximate surface area is 352 Å². The number of aliphatic hydroxyl groups excluding tert-OH is 2. The number of hydrogen-bond acceptors (Lipinski definition) is 11. The van der Waals surface area contributed by atoms with E-state index in [0.29, 0.717) is 62.9 Å². The van der Waals surface area contributed by atoms with Gasteiger partial charge in [-0.1, -0.05) is 44.2 Å². The Morgan fingerprint density at radius 1 is 1.05 bits per heavy atom. The van der Waals surface area contributed by atoms with Gasteiger partial charge in [0.1, 0.15) is 17.3 Å². The van der Waals surface area contributed by atoms with Gasteiger partial charge in [0.15, 0.2) is 5.60 Å². The van der Waals surface area contributed by atoms with Gasteiger partial charge in [0.2, 0.25) is 0 Å². The number of benzene rings is 2. The fourth-order valence-corrected chi connectivity index (χ4v) is 13.4. The van der Waals surface area contributed by atoms with Crippen LogP contribution in [-0.4, -0.2) is 144 Å². The molecule has 2 saturated heterocycles. The zero-order valence-electron chi connectivity index (χ0n) is 35.7. The van der Waals surface area contributed by atoms with Crippen molar-refractivity contribution in [2.45, 2.75) is 99.5 Å². The molecule has 3 aromatic rings. The van der Waals surface area contributed by atoms with E-state index in [9.17, 15) is 25.2 Å². The normalized spacial score (nSPS) is 36.9. The molecule has 6 N–H and O–H groups in total. The predicted molar refractivity (Wildman–Crippen MR) is 228 cm³/mol. The second-order valence-corrected chi connectivity index (χ2v) is 18.8. The Balaban J connectivity index is 1.29. The Kier molecular flexibility index (Phi) is 10.4. The monoisotopic (exact) mass is 825 g/mol. The van der Waals surface area contributed by atoms with Gasteiger partial charge >= 0.3 is 5.97 Å². The molecule has 13 heteroatoms. The minimum absolute atomic E-state index is 0.0606. The number of piperidine rings is 2. The lowest BCUT2D eigenvalue weighted by Crippen LogP contribution is -2.82. The minimum atomic E-state index is -2.21. The van der Waals surface area contributed by atoms with Gasteiger partial charge in [0.05, 0.1) is 25.9 Å². The van der Waals surface area contributed by atoms with Crippen molar-refractivity contribution in [3.8, 4) is 5.75 Å². The van der Waals surface area contributed by atoms with Crippen LogP contribution in [0.2, 0.25) is 0 Å². The smallest absolute Gasteiger partial charge is 0.322 e. The molecular weight excluding hydrogens is 763 g/mol. The third-order valence-corrected chi connectivity index (χ3v) is 16.0. The number of methoxy groups -OCH3 is 2. The van der Waals surface area contributed by atoms with Crippen molar-refractivity contribution in [1.29, 1.82) is 0 Å². The summed E-state index contributed by atoms with van der Waals surface area (Å²) in [6, 6.07) is 11.3. The van der Waals surface area contributed by atoms with Crippen LogP contribution in [0.25, 0.3) is 10.9 Å². The summed E-state index contributed by atoms with van der Waals surface area (Å²) >= 11 is 0. The molecule has 5 aliphatic heterocycles. The lowest BCUT2D eigenvalue weighted by molar-refractivity contribution is -0.218. The molecule has 13 nitrogen and oxygen atoms in total. The molecule has 6 aliphatic rings. The van der Waals surface area contributed by atoms with Gasteiger partial charge in [-0.2, -0.15) is 0 Å². The van der Waals surface area contributed by atoms with Crippen molar-refractivity contribution in [2.24, 2.45) is 17.3 Å². The number of carbonyl (C=O) groups excluding carboxylic acids is 2. The quantitative estimate of drug-likeness (QED) is 0.106. The molecular formula is C47H63N5O8. The molecule has 3 fully saturated rings. The molecule has 11 unspecified atom stereocenters. The molecule has 1 aliphatic carbocycles. The second kappa shape index (κ2) is 15.1. The summed E-state index contributed by atoms with van der Waals surface area (Å²) < 4.78 is 12.3. The maximum absolute atomic E-state index is 15.2. The SMILES string of the molecule is CCC1(O)CC2CN(CCc3c([nH]c4ccccc34)C(C(=O)OC)(c3cc4c(cc3OC)N(C)C3C5C4CCN4CC=CC(CC)(C54)C(O)C3(O)C(=O)NCCCO)C2)C1. The first kappa shape index (κ1) is 41.4. The zero-order valence-corrected chi connectivity index (χ0v) is 35.7. The number of aromatic nitrogens is 1. The minimum Gasteiger partial charge on any atom is -0.496 e. The fourth-order valence-electron chi connectivity index (χ4n) is 13.4. The van der Waals surface area contributed by atoms with Gasteiger partial charge in [-0.15, -0.1) is 0 Å². The highest BCUT2D eigenvalue weighted by Gasteiger charge is 2.72. The molecule has 6 heterocycles. The van der Waals surface area contributed by atoms with Crippen molar-refractivity contribution in [1.82, 2.24) is 20.1 Å². The van der Waals surface area contributed by atoms with Gasteiger partial charge < -0.3 is 45.1 Å². The predicted octanol–water partition coefficient (Wildman–Crippen LogP) is 3.21. The van der Waals surface area contributed by atoms with Gasteiger partial charge in [-0.25, -0.2) is 0 Å². The number of carbonyl (C=O) groups is 2. The number of aromatic amines is 1. The summed E-state index contributed by atoms with van der Waals surface area (Å²) in [6.45, 7) is 7.60. The Bertz CT molecular complexity index is 2190. The van der Waals surface area contributed by atoms with E-state index in [4.69, 9.17) is 9.47 Å². The number of H-pyrrole nitrogens is 1. The highest BCUT2D eigenvalue weighted by Crippen LogP contribution is 2.63. The number of amides is 1. The standard InChI is InChI=1S/C47H63N5O8/c1-6-44(57)24-28-25-46(43(56)60-5,38-31(14-19-51(26-28)27-44)29-12-8-9-13-34(29)49-38)33-22-32-30-15-20-52-18-10-16-45(7-2)39(52)37(30)40(50(3)35(32)23-36(33)59-4)47(58,41(45)54)42(55)48-17-11-21-53/h8-10,12-13,16,22-23,28,30,37,39-41,49,53-54,57-58H,6-7,11,14-15,17-21,24-27H2,1-5H3,(H,48,55). The van der Waals surface area contributed by atoms with Crippen LogP contribution in [0.1, 0.15) is 80.7 Å². The number of ether oxygens (including phenoxy) is 2. The first-order valence-corrected chi connectivity index (χ1v) is 22.2. The Morgan fingerprint density at radius 3 is 2.58 bits per heavy atom. The number of rotatable bonds is 9. The summed E-state index contributed by atoms with van der Waals surface area (Å²) in [7, 11) is 4.95. The van der Waals surface area contributed by atoms with Crippen molar-refractivity contribution in [3.63, 3.8) is 0 Å². The maximum Gasteiger partial charge on any atom is 0.322 e. The first-order valence-electron chi connectivity index (χ1n) is 22.2. The molecule has 0 radical (unpaired) electrons. The van der Waals surface area contributed by atoms with E-state index >= 15 is 4.79 Å². The fraction of sp³-hybridized carbons (Fsp3) is 0.617. The van der Waals surface area contributed by atoms with Crippen LogP contribution in [0.15, 0.2) is 48.6 Å². The van der Waals surface area contributed by atoms with E-state index in [0.717, 1.165) is 59.5 Å². The van der Waals surface area contributed by atoms with Crippen LogP contribution < -0.4 is 15.0 Å². The Hall–Kier alpha value is -3.98. The lowest BCUT2D eigenvalue weighted by atomic mass is 9.48. The molecule has 0 spiro atoms. The molecule has 2 bridgehead atoms. The van der Waals surface area contributed by atoms with Gasteiger partial charge in [0.25, 0.3) is 5.91 Å². The second-order valence-electron chi connectivity index (χ2n) is 18.8. The third kappa shape index (κ3) is 5.78. The summed E-state index contributed by atoms with van der Waals surface area (Å²) in [6.07, 6.45) is 6.45. The molecule has 324 valence electrons. The summed E-state index contributed by atoms with van der Waals surface area (Å²) in [5.74, 6) is -1.08. The van der Waals surface area contributed by atoms with Crippen molar-refractivity contribution >= 4 is 28.5 Å². The van der Waals surface area contributed by atoms with Crippen LogP contribution in [0.4, 0.5) is 5.69 Å². The highest BCUT2D eigenvalue weighted by atomic mass is 16.5. The number of fused-ring (bicyclic) bond motifs is 7. The zero-order chi connectivity index (χ0) is 42.4. The Morgan fingerprint density at radius 2 is 1.85 bits per heavy atom. The van der Waals surface area contributed by atoms with E-state index in [1.54, 1.807) is 7.11 Å². The van der Waals surface area contributed by atoms with Crippen LogP contribution in [0.3, 0.4) is 0 Å². The van der Waals surface area contributed by atoms with Gasteiger partial charge in [-0.05, 0) is 86.6 Å². The van der Waals surface area contributed by atoms with Crippen LogP contribution in [0, 0.1) is 17.3 Å². The molecule has 11 atom stereocenters. The number of anilines is 1.